The maximum atomic E-state index is 12.5. The lowest BCUT2D eigenvalue weighted by Gasteiger charge is -2.25. The highest BCUT2D eigenvalue weighted by Crippen LogP contribution is 2.31. The summed E-state index contributed by atoms with van der Waals surface area (Å²) in [5.41, 5.74) is 2.43. The molecule has 2 N–H and O–H groups in total. The third kappa shape index (κ3) is 2.80. The van der Waals surface area contributed by atoms with Crippen molar-refractivity contribution in [1.29, 1.82) is 0 Å². The van der Waals surface area contributed by atoms with Gasteiger partial charge in [0, 0.05) is 23.6 Å². The van der Waals surface area contributed by atoms with Crippen LogP contribution in [0.5, 0.6) is 0 Å². The summed E-state index contributed by atoms with van der Waals surface area (Å²) in [6, 6.07) is 7.50. The van der Waals surface area contributed by atoms with E-state index in [4.69, 9.17) is 0 Å². The van der Waals surface area contributed by atoms with E-state index in [9.17, 15) is 8.42 Å². The Morgan fingerprint density at radius 3 is 2.54 bits per heavy atom. The molecule has 1 saturated carbocycles. The minimum atomic E-state index is -3.63. The zero-order chi connectivity index (χ0) is 16.6. The second-order valence-corrected chi connectivity index (χ2v) is 7.59. The summed E-state index contributed by atoms with van der Waals surface area (Å²) in [4.78, 5) is 0.188. The number of benzene rings is 1. The Labute approximate surface area is 139 Å². The molecule has 1 aliphatic carbocycles. The number of sulfonamides is 1. The summed E-state index contributed by atoms with van der Waals surface area (Å²) in [5.74, 6) is 0. The van der Waals surface area contributed by atoms with Crippen LogP contribution in [-0.2, 0) is 10.0 Å². The van der Waals surface area contributed by atoms with Crippen LogP contribution in [0.3, 0.4) is 0 Å². The molecule has 0 radical (unpaired) electrons. The first kappa shape index (κ1) is 14.9. The highest BCUT2D eigenvalue weighted by molar-refractivity contribution is 7.92. The molecule has 2 heterocycles. The van der Waals surface area contributed by atoms with Crippen molar-refractivity contribution in [3.8, 4) is 11.1 Å². The summed E-state index contributed by atoms with van der Waals surface area (Å²) >= 11 is 0. The molecule has 1 fully saturated rings. The Balaban J connectivity index is 1.52. The molecule has 4 rings (SSSR count). The van der Waals surface area contributed by atoms with Crippen LogP contribution in [0.15, 0.2) is 53.9 Å². The lowest BCUT2D eigenvalue weighted by molar-refractivity contribution is 0.289. The van der Waals surface area contributed by atoms with Gasteiger partial charge in [0.05, 0.1) is 18.4 Å². The number of rotatable bonds is 5. The predicted molar refractivity (Wildman–Crippen MR) is 89.9 cm³/mol. The van der Waals surface area contributed by atoms with Crippen molar-refractivity contribution in [2.45, 2.75) is 30.2 Å². The molecule has 3 aromatic rings. The first-order chi connectivity index (χ1) is 11.6. The Bertz CT molecular complexity index is 925. The van der Waals surface area contributed by atoms with Crippen LogP contribution in [0.2, 0.25) is 0 Å². The number of aromatic amines is 1. The standard InChI is InChI=1S/C16H17N5O2S/c22-24(23,16-10-19-21(11-16)15-2-1-3-15)20-14-6-4-12(5-7-14)13-8-17-18-9-13/h4-11,15,20H,1-3H2,(H,17,18). The zero-order valence-corrected chi connectivity index (χ0v) is 13.7. The van der Waals surface area contributed by atoms with Gasteiger partial charge in [-0.3, -0.25) is 14.5 Å². The fraction of sp³-hybridized carbons (Fsp3) is 0.250. The fourth-order valence-corrected chi connectivity index (χ4v) is 3.66. The number of aromatic nitrogens is 4. The van der Waals surface area contributed by atoms with E-state index in [1.807, 2.05) is 12.1 Å². The molecule has 1 aliphatic rings. The minimum absolute atomic E-state index is 0.188. The van der Waals surface area contributed by atoms with E-state index in [2.05, 4.69) is 20.0 Å². The Morgan fingerprint density at radius 1 is 1.12 bits per heavy atom. The quantitative estimate of drug-likeness (QED) is 0.745. The van der Waals surface area contributed by atoms with Crippen LogP contribution in [0.25, 0.3) is 11.1 Å². The number of H-pyrrole nitrogens is 1. The zero-order valence-electron chi connectivity index (χ0n) is 12.9. The molecule has 8 heteroatoms. The number of hydrogen-bond acceptors (Lipinski definition) is 4. The maximum Gasteiger partial charge on any atom is 0.265 e. The van der Waals surface area contributed by atoms with E-state index >= 15 is 0 Å². The van der Waals surface area contributed by atoms with Crippen molar-refractivity contribution >= 4 is 15.7 Å². The molecule has 0 aliphatic heterocycles. The molecule has 0 spiro atoms. The number of anilines is 1. The van der Waals surface area contributed by atoms with Gasteiger partial charge in [-0.25, -0.2) is 8.42 Å². The van der Waals surface area contributed by atoms with Gasteiger partial charge in [-0.05, 0) is 37.0 Å². The summed E-state index contributed by atoms with van der Waals surface area (Å²) in [6.07, 6.45) is 9.80. The Kier molecular flexibility index (Phi) is 3.61. The summed E-state index contributed by atoms with van der Waals surface area (Å²) in [6.45, 7) is 0. The fourth-order valence-electron chi connectivity index (χ4n) is 2.66. The van der Waals surface area contributed by atoms with Crippen molar-refractivity contribution < 1.29 is 8.42 Å². The predicted octanol–water partition coefficient (Wildman–Crippen LogP) is 2.80. The largest absolute Gasteiger partial charge is 0.285 e. The molecule has 0 atom stereocenters. The van der Waals surface area contributed by atoms with Crippen LogP contribution in [0.1, 0.15) is 25.3 Å². The summed E-state index contributed by atoms with van der Waals surface area (Å²) in [5, 5.41) is 10.8. The molecule has 124 valence electrons. The number of nitrogens with zero attached hydrogens (tertiary/aromatic N) is 3. The number of hydrogen-bond donors (Lipinski definition) is 2. The van der Waals surface area contributed by atoms with Gasteiger partial charge < -0.3 is 0 Å². The lowest BCUT2D eigenvalue weighted by Crippen LogP contribution is -2.17. The van der Waals surface area contributed by atoms with E-state index in [0.717, 1.165) is 24.0 Å². The van der Waals surface area contributed by atoms with Gasteiger partial charge in [-0.2, -0.15) is 10.2 Å². The van der Waals surface area contributed by atoms with Crippen molar-refractivity contribution in [1.82, 2.24) is 20.0 Å². The van der Waals surface area contributed by atoms with Gasteiger partial charge in [0.25, 0.3) is 10.0 Å². The van der Waals surface area contributed by atoms with Crippen molar-refractivity contribution in [3.05, 3.63) is 49.1 Å². The first-order valence-electron chi connectivity index (χ1n) is 7.78. The van der Waals surface area contributed by atoms with Gasteiger partial charge in [0.2, 0.25) is 0 Å². The van der Waals surface area contributed by atoms with Gasteiger partial charge in [0.15, 0.2) is 0 Å². The molecule has 0 bridgehead atoms. The molecule has 0 amide bonds. The van der Waals surface area contributed by atoms with Gasteiger partial charge in [0.1, 0.15) is 4.90 Å². The first-order valence-corrected chi connectivity index (χ1v) is 9.26. The van der Waals surface area contributed by atoms with E-state index < -0.39 is 10.0 Å². The lowest BCUT2D eigenvalue weighted by atomic mass is 9.93. The third-order valence-electron chi connectivity index (χ3n) is 4.31. The second kappa shape index (κ2) is 5.79. The average molecular weight is 343 g/mol. The molecule has 2 aromatic heterocycles. The van der Waals surface area contributed by atoms with E-state index in [1.165, 1.54) is 12.6 Å². The molecule has 24 heavy (non-hydrogen) atoms. The van der Waals surface area contributed by atoms with E-state index in [-0.39, 0.29) is 4.90 Å². The van der Waals surface area contributed by atoms with Gasteiger partial charge in [-0.15, -0.1) is 0 Å². The minimum Gasteiger partial charge on any atom is -0.285 e. The highest BCUT2D eigenvalue weighted by atomic mass is 32.2. The van der Waals surface area contributed by atoms with Crippen LogP contribution >= 0.6 is 0 Å². The van der Waals surface area contributed by atoms with Gasteiger partial charge in [-0.1, -0.05) is 12.1 Å². The van der Waals surface area contributed by atoms with Crippen LogP contribution < -0.4 is 4.72 Å². The average Bonchev–Trinajstić information content (AvgIpc) is 3.17. The van der Waals surface area contributed by atoms with Gasteiger partial charge >= 0.3 is 0 Å². The summed E-state index contributed by atoms with van der Waals surface area (Å²) < 4.78 is 29.3. The highest BCUT2D eigenvalue weighted by Gasteiger charge is 2.23. The third-order valence-corrected chi connectivity index (χ3v) is 5.64. The Hall–Kier alpha value is -2.61. The monoisotopic (exact) mass is 343 g/mol. The molecule has 7 nitrogen and oxygen atoms in total. The molecule has 1 aromatic carbocycles. The van der Waals surface area contributed by atoms with Crippen LogP contribution in [0.4, 0.5) is 5.69 Å². The van der Waals surface area contributed by atoms with Crippen molar-refractivity contribution in [3.63, 3.8) is 0 Å². The smallest absolute Gasteiger partial charge is 0.265 e. The van der Waals surface area contributed by atoms with Crippen molar-refractivity contribution in [2.75, 3.05) is 4.72 Å². The van der Waals surface area contributed by atoms with E-state index in [0.29, 0.717) is 11.7 Å². The summed E-state index contributed by atoms with van der Waals surface area (Å²) in [7, 11) is -3.63. The SMILES string of the molecule is O=S(=O)(Nc1ccc(-c2cn[nH]c2)cc1)c1cnn(C2CCC2)c1. The Morgan fingerprint density at radius 2 is 1.92 bits per heavy atom. The van der Waals surface area contributed by atoms with Crippen LogP contribution in [0, 0.1) is 0 Å². The topological polar surface area (TPSA) is 92.7 Å². The maximum absolute atomic E-state index is 12.5. The molecular weight excluding hydrogens is 326 g/mol. The van der Waals surface area contributed by atoms with Crippen molar-refractivity contribution in [2.24, 2.45) is 0 Å². The van der Waals surface area contributed by atoms with E-state index in [1.54, 1.807) is 35.4 Å². The number of nitrogens with one attached hydrogen (secondary N) is 2. The molecule has 0 unspecified atom stereocenters. The van der Waals surface area contributed by atoms with Crippen LogP contribution in [-0.4, -0.2) is 28.4 Å². The molecular formula is C16H17N5O2S. The molecule has 0 saturated heterocycles. The second-order valence-electron chi connectivity index (χ2n) is 5.91. The normalized spacial score (nSPS) is 15.2.